The van der Waals surface area contributed by atoms with Gasteiger partial charge in [-0.1, -0.05) is 30.3 Å². The summed E-state index contributed by atoms with van der Waals surface area (Å²) in [7, 11) is 0. The van der Waals surface area contributed by atoms with Gasteiger partial charge in [0.2, 0.25) is 5.91 Å². The van der Waals surface area contributed by atoms with Crippen LogP contribution in [0.4, 0.5) is 0 Å². The molecular weight excluding hydrogens is 370 g/mol. The first-order valence-corrected chi connectivity index (χ1v) is 9.90. The number of thiophene rings is 1. The zero-order valence-electron chi connectivity index (χ0n) is 15.8. The van der Waals surface area contributed by atoms with Crippen LogP contribution in [0.2, 0.25) is 0 Å². The lowest BCUT2D eigenvalue weighted by Crippen LogP contribution is -2.14. The number of fused-ring (bicyclic) bond motifs is 1. The van der Waals surface area contributed by atoms with Crippen molar-refractivity contribution in [3.8, 4) is 16.3 Å². The van der Waals surface area contributed by atoms with Crippen molar-refractivity contribution < 1.29 is 9.53 Å². The van der Waals surface area contributed by atoms with Crippen LogP contribution in [0, 0.1) is 6.92 Å². The molecule has 28 heavy (non-hydrogen) atoms. The minimum Gasteiger partial charge on any atom is -0.485 e. The Labute approximate surface area is 167 Å². The van der Waals surface area contributed by atoms with Gasteiger partial charge in [0.05, 0.1) is 28.1 Å². The standard InChI is InChI=1S/C22H21N3O2S/c1-14-7-3-4-8-16(14)15(2)27-18-11-19(28-20(18)12-21(23)26)17-13-24-22-9-5-6-10-25(17)22/h3-11,13,15H,12H2,1-2H3,(H2,23,26). The Morgan fingerprint density at radius 2 is 2.04 bits per heavy atom. The van der Waals surface area contributed by atoms with Crippen LogP contribution in [0.3, 0.4) is 0 Å². The van der Waals surface area contributed by atoms with Gasteiger partial charge in [0.25, 0.3) is 0 Å². The van der Waals surface area contributed by atoms with Crippen molar-refractivity contribution in [3.63, 3.8) is 0 Å². The van der Waals surface area contributed by atoms with Crippen LogP contribution in [0.15, 0.2) is 60.9 Å². The minimum absolute atomic E-state index is 0.141. The lowest BCUT2D eigenvalue weighted by molar-refractivity contribution is -0.117. The fraction of sp³-hybridized carbons (Fsp3) is 0.182. The molecule has 4 rings (SSSR count). The molecular formula is C22H21N3O2S. The Bertz CT molecular complexity index is 1150. The number of ether oxygens (including phenoxy) is 1. The number of primary amides is 1. The molecule has 0 spiro atoms. The van der Waals surface area contributed by atoms with Gasteiger partial charge in [0, 0.05) is 12.3 Å². The van der Waals surface area contributed by atoms with Gasteiger partial charge in [-0.25, -0.2) is 4.98 Å². The molecule has 1 atom stereocenters. The van der Waals surface area contributed by atoms with Crippen LogP contribution in [0.5, 0.6) is 5.75 Å². The first-order valence-electron chi connectivity index (χ1n) is 9.08. The Balaban J connectivity index is 1.72. The maximum atomic E-state index is 11.6. The molecule has 3 heterocycles. The molecule has 1 unspecified atom stereocenters. The topological polar surface area (TPSA) is 69.6 Å². The zero-order valence-corrected chi connectivity index (χ0v) is 16.6. The highest BCUT2D eigenvalue weighted by molar-refractivity contribution is 7.15. The second kappa shape index (κ2) is 7.48. The molecule has 0 fully saturated rings. The molecule has 0 aliphatic rings. The van der Waals surface area contributed by atoms with Crippen LogP contribution in [-0.4, -0.2) is 15.3 Å². The SMILES string of the molecule is Cc1ccccc1C(C)Oc1cc(-c2cnc3ccccn23)sc1CC(N)=O. The van der Waals surface area contributed by atoms with Crippen molar-refractivity contribution in [1.29, 1.82) is 0 Å². The highest BCUT2D eigenvalue weighted by atomic mass is 32.1. The number of carbonyl (C=O) groups excluding carboxylic acids is 1. The molecule has 0 saturated heterocycles. The van der Waals surface area contributed by atoms with Crippen molar-refractivity contribution in [2.75, 3.05) is 0 Å². The van der Waals surface area contributed by atoms with E-state index in [1.54, 1.807) is 0 Å². The van der Waals surface area contributed by atoms with Crippen LogP contribution in [0.1, 0.15) is 29.0 Å². The third kappa shape index (κ3) is 3.51. The molecule has 2 N–H and O–H groups in total. The molecule has 0 saturated carbocycles. The van der Waals surface area contributed by atoms with E-state index < -0.39 is 0 Å². The number of hydrogen-bond acceptors (Lipinski definition) is 4. The van der Waals surface area contributed by atoms with E-state index in [9.17, 15) is 4.79 Å². The number of pyridine rings is 1. The summed E-state index contributed by atoms with van der Waals surface area (Å²) in [5, 5.41) is 0. The van der Waals surface area contributed by atoms with Gasteiger partial charge in [-0.3, -0.25) is 9.20 Å². The number of benzene rings is 1. The van der Waals surface area contributed by atoms with Gasteiger partial charge < -0.3 is 10.5 Å². The number of nitrogens with zero attached hydrogens (tertiary/aromatic N) is 2. The summed E-state index contributed by atoms with van der Waals surface area (Å²) in [6, 6.07) is 16.0. The summed E-state index contributed by atoms with van der Waals surface area (Å²) in [5.41, 5.74) is 9.60. The predicted octanol–water partition coefficient (Wildman–Crippen LogP) is 4.54. The molecule has 4 aromatic rings. The second-order valence-corrected chi connectivity index (χ2v) is 7.87. The number of rotatable bonds is 6. The first-order chi connectivity index (χ1) is 13.5. The average molecular weight is 391 g/mol. The number of hydrogen-bond donors (Lipinski definition) is 1. The molecule has 1 amide bonds. The monoisotopic (exact) mass is 391 g/mol. The molecule has 142 valence electrons. The van der Waals surface area contributed by atoms with E-state index in [0.29, 0.717) is 5.75 Å². The van der Waals surface area contributed by atoms with E-state index in [0.717, 1.165) is 26.7 Å². The minimum atomic E-state index is -0.375. The maximum absolute atomic E-state index is 11.6. The maximum Gasteiger partial charge on any atom is 0.222 e. The fourth-order valence-electron chi connectivity index (χ4n) is 3.33. The molecule has 6 heteroatoms. The van der Waals surface area contributed by atoms with Gasteiger partial charge in [-0.2, -0.15) is 0 Å². The quantitative estimate of drug-likeness (QED) is 0.525. The number of nitrogens with two attached hydrogens (primary N) is 1. The van der Waals surface area contributed by atoms with Crippen molar-refractivity contribution >= 4 is 22.9 Å². The van der Waals surface area contributed by atoms with Crippen LogP contribution in [-0.2, 0) is 11.2 Å². The molecule has 0 aliphatic heterocycles. The summed E-state index contributed by atoms with van der Waals surface area (Å²) >= 11 is 1.52. The largest absolute Gasteiger partial charge is 0.485 e. The average Bonchev–Trinajstić information content (AvgIpc) is 3.25. The number of amides is 1. The van der Waals surface area contributed by atoms with Gasteiger partial charge in [-0.05, 0) is 37.1 Å². The molecule has 0 bridgehead atoms. The fourth-order valence-corrected chi connectivity index (χ4v) is 4.44. The van der Waals surface area contributed by atoms with Crippen LogP contribution < -0.4 is 10.5 Å². The first kappa shape index (κ1) is 18.3. The number of carbonyl (C=O) groups is 1. The Morgan fingerprint density at radius 3 is 2.82 bits per heavy atom. The Hall–Kier alpha value is -3.12. The highest BCUT2D eigenvalue weighted by Crippen LogP contribution is 2.39. The van der Waals surface area contributed by atoms with Crippen molar-refractivity contribution in [3.05, 3.63) is 76.9 Å². The van der Waals surface area contributed by atoms with Gasteiger partial charge >= 0.3 is 0 Å². The molecule has 3 aromatic heterocycles. The number of aromatic nitrogens is 2. The van der Waals surface area contributed by atoms with Crippen LogP contribution in [0.25, 0.3) is 16.2 Å². The summed E-state index contributed by atoms with van der Waals surface area (Å²) in [5.74, 6) is 0.320. The summed E-state index contributed by atoms with van der Waals surface area (Å²) < 4.78 is 8.30. The predicted molar refractivity (Wildman–Crippen MR) is 112 cm³/mol. The van der Waals surface area contributed by atoms with Crippen molar-refractivity contribution in [2.24, 2.45) is 5.73 Å². The summed E-state index contributed by atoms with van der Waals surface area (Å²) in [4.78, 5) is 17.9. The lowest BCUT2D eigenvalue weighted by Gasteiger charge is -2.17. The van der Waals surface area contributed by atoms with E-state index in [2.05, 4.69) is 24.0 Å². The van der Waals surface area contributed by atoms with E-state index >= 15 is 0 Å². The van der Waals surface area contributed by atoms with E-state index in [1.165, 1.54) is 16.9 Å². The van der Waals surface area contributed by atoms with Crippen molar-refractivity contribution in [2.45, 2.75) is 26.4 Å². The molecule has 1 aromatic carbocycles. The summed E-state index contributed by atoms with van der Waals surface area (Å²) in [6.45, 7) is 4.08. The number of imidazole rings is 1. The molecule has 5 nitrogen and oxygen atoms in total. The van der Waals surface area contributed by atoms with Gasteiger partial charge in [0.1, 0.15) is 17.5 Å². The third-order valence-electron chi connectivity index (χ3n) is 4.70. The molecule has 0 radical (unpaired) electrons. The van der Waals surface area contributed by atoms with Crippen LogP contribution >= 0.6 is 11.3 Å². The second-order valence-electron chi connectivity index (χ2n) is 6.73. The Morgan fingerprint density at radius 1 is 1.25 bits per heavy atom. The third-order valence-corrected chi connectivity index (χ3v) is 5.84. The number of aryl methyl sites for hydroxylation is 1. The zero-order chi connectivity index (χ0) is 19.7. The Kier molecular flexibility index (Phi) is 4.88. The normalized spacial score (nSPS) is 12.2. The van der Waals surface area contributed by atoms with Gasteiger partial charge in [0.15, 0.2) is 0 Å². The van der Waals surface area contributed by atoms with E-state index in [4.69, 9.17) is 10.5 Å². The highest BCUT2D eigenvalue weighted by Gasteiger charge is 2.19. The van der Waals surface area contributed by atoms with E-state index in [-0.39, 0.29) is 18.4 Å². The van der Waals surface area contributed by atoms with Gasteiger partial charge in [-0.15, -0.1) is 11.3 Å². The van der Waals surface area contributed by atoms with E-state index in [1.807, 2.05) is 60.1 Å². The van der Waals surface area contributed by atoms with Crippen molar-refractivity contribution in [1.82, 2.24) is 9.38 Å². The smallest absolute Gasteiger partial charge is 0.222 e. The lowest BCUT2D eigenvalue weighted by atomic mass is 10.0. The summed E-state index contributed by atoms with van der Waals surface area (Å²) in [6.07, 6.45) is 3.82. The molecule has 0 aliphatic carbocycles.